The van der Waals surface area contributed by atoms with Gasteiger partial charge in [-0.2, -0.15) is 0 Å². The lowest BCUT2D eigenvalue weighted by atomic mass is 10.2. The number of carboxylic acid groups (broad SMARTS) is 1. The van der Waals surface area contributed by atoms with Crippen LogP contribution in [0, 0.1) is 0 Å². The van der Waals surface area contributed by atoms with E-state index < -0.39 is 12.0 Å². The van der Waals surface area contributed by atoms with Crippen molar-refractivity contribution in [1.29, 1.82) is 0 Å². The molecule has 0 aromatic carbocycles. The molecule has 0 saturated heterocycles. The summed E-state index contributed by atoms with van der Waals surface area (Å²) in [6.07, 6.45) is 1.96. The van der Waals surface area contributed by atoms with Crippen LogP contribution in [0.1, 0.15) is 19.4 Å². The molecule has 0 spiro atoms. The van der Waals surface area contributed by atoms with Gasteiger partial charge in [-0.25, -0.2) is 14.8 Å². The highest BCUT2D eigenvalue weighted by molar-refractivity contribution is 7.13. The zero-order valence-corrected chi connectivity index (χ0v) is 12.7. The van der Waals surface area contributed by atoms with Crippen LogP contribution in [0.4, 0.5) is 0 Å². The van der Waals surface area contributed by atoms with Crippen LogP contribution < -0.4 is 0 Å². The van der Waals surface area contributed by atoms with Crippen molar-refractivity contribution in [1.82, 2.24) is 14.5 Å². The first-order valence-electron chi connectivity index (χ1n) is 6.42. The molecule has 0 aliphatic heterocycles. The molecule has 0 amide bonds. The minimum atomic E-state index is -0.897. The predicted octanol–water partition coefficient (Wildman–Crippen LogP) is 3.85. The SMILES string of the molecule is CCC(C(=O)O)n1c(-c2cccs2)nc2cc(Cl)cnc21. The maximum atomic E-state index is 11.6. The number of carboxylic acids is 1. The van der Waals surface area contributed by atoms with Gasteiger partial charge < -0.3 is 5.11 Å². The van der Waals surface area contributed by atoms with Crippen molar-refractivity contribution in [2.75, 3.05) is 0 Å². The summed E-state index contributed by atoms with van der Waals surface area (Å²) in [7, 11) is 0. The van der Waals surface area contributed by atoms with E-state index in [1.165, 1.54) is 17.5 Å². The first kappa shape index (κ1) is 14.0. The molecule has 3 heterocycles. The van der Waals surface area contributed by atoms with E-state index in [1.54, 1.807) is 10.6 Å². The van der Waals surface area contributed by atoms with E-state index in [2.05, 4.69) is 9.97 Å². The number of nitrogens with zero attached hydrogens (tertiary/aromatic N) is 3. The number of pyridine rings is 1. The molecule has 3 aromatic rings. The fraction of sp³-hybridized carbons (Fsp3) is 0.214. The second-order valence-corrected chi connectivity index (χ2v) is 5.93. The molecule has 1 atom stereocenters. The summed E-state index contributed by atoms with van der Waals surface area (Å²) in [4.78, 5) is 21.3. The molecule has 1 unspecified atom stereocenters. The monoisotopic (exact) mass is 321 g/mol. The van der Waals surface area contributed by atoms with Gasteiger partial charge in [0.05, 0.1) is 9.90 Å². The molecule has 1 N–H and O–H groups in total. The summed E-state index contributed by atoms with van der Waals surface area (Å²) in [5.41, 5.74) is 1.14. The third-order valence-electron chi connectivity index (χ3n) is 3.22. The third-order valence-corrected chi connectivity index (χ3v) is 4.29. The van der Waals surface area contributed by atoms with Crippen molar-refractivity contribution in [2.45, 2.75) is 19.4 Å². The van der Waals surface area contributed by atoms with E-state index in [0.29, 0.717) is 28.4 Å². The number of fused-ring (bicyclic) bond motifs is 1. The summed E-state index contributed by atoms with van der Waals surface area (Å²) in [6.45, 7) is 1.83. The van der Waals surface area contributed by atoms with Crippen LogP contribution in [0.25, 0.3) is 21.9 Å². The predicted molar refractivity (Wildman–Crippen MR) is 82.8 cm³/mol. The van der Waals surface area contributed by atoms with Crippen LogP contribution in [0.3, 0.4) is 0 Å². The Morgan fingerprint density at radius 1 is 1.57 bits per heavy atom. The quantitative estimate of drug-likeness (QED) is 0.792. The van der Waals surface area contributed by atoms with Crippen LogP contribution in [0.2, 0.25) is 5.02 Å². The Morgan fingerprint density at radius 3 is 3.00 bits per heavy atom. The first-order valence-corrected chi connectivity index (χ1v) is 7.67. The molecule has 7 heteroatoms. The highest BCUT2D eigenvalue weighted by atomic mass is 35.5. The molecule has 5 nitrogen and oxygen atoms in total. The van der Waals surface area contributed by atoms with E-state index in [-0.39, 0.29) is 0 Å². The normalized spacial score (nSPS) is 12.7. The number of hydrogen-bond donors (Lipinski definition) is 1. The number of aliphatic carboxylic acids is 1. The summed E-state index contributed by atoms with van der Waals surface area (Å²) >= 11 is 7.47. The number of carbonyl (C=O) groups is 1. The Labute approximate surface area is 129 Å². The Kier molecular flexibility index (Phi) is 3.65. The standard InChI is InChI=1S/C14H12ClN3O2S/c1-2-10(14(19)20)18-12-9(6-8(15)7-16-12)17-13(18)11-4-3-5-21-11/h3-7,10H,2H2,1H3,(H,19,20). The molecular formula is C14H12ClN3O2S. The molecule has 3 rings (SSSR count). The number of aromatic nitrogens is 3. The average Bonchev–Trinajstić information content (AvgIpc) is 3.06. The van der Waals surface area contributed by atoms with Crippen molar-refractivity contribution in [3.05, 3.63) is 34.8 Å². The first-order chi connectivity index (χ1) is 10.1. The fourth-order valence-electron chi connectivity index (χ4n) is 2.30. The van der Waals surface area contributed by atoms with Crippen LogP contribution in [0.15, 0.2) is 29.8 Å². The van der Waals surface area contributed by atoms with Gasteiger partial charge in [-0.1, -0.05) is 24.6 Å². The van der Waals surface area contributed by atoms with E-state index in [1.807, 2.05) is 24.4 Å². The average molecular weight is 322 g/mol. The molecule has 108 valence electrons. The van der Waals surface area contributed by atoms with Crippen LogP contribution in [0.5, 0.6) is 0 Å². The number of rotatable bonds is 4. The Balaban J connectivity index is 2.32. The number of halogens is 1. The molecule has 0 radical (unpaired) electrons. The Morgan fingerprint density at radius 2 is 2.38 bits per heavy atom. The van der Waals surface area contributed by atoms with Gasteiger partial charge in [-0.15, -0.1) is 11.3 Å². The van der Waals surface area contributed by atoms with E-state index in [4.69, 9.17) is 11.6 Å². The molecule has 0 bridgehead atoms. The summed E-state index contributed by atoms with van der Waals surface area (Å²) in [5.74, 6) is -0.282. The van der Waals surface area contributed by atoms with Crippen molar-refractivity contribution >= 4 is 40.1 Å². The lowest BCUT2D eigenvalue weighted by Crippen LogP contribution is -2.19. The molecule has 0 saturated carbocycles. The summed E-state index contributed by atoms with van der Waals surface area (Å²) in [5, 5.41) is 11.9. The fourth-order valence-corrected chi connectivity index (χ4v) is 3.16. The van der Waals surface area contributed by atoms with Gasteiger partial charge in [0.25, 0.3) is 0 Å². The molecule has 0 fully saturated rings. The molecule has 21 heavy (non-hydrogen) atoms. The molecule has 3 aromatic heterocycles. The highest BCUT2D eigenvalue weighted by Gasteiger charge is 2.25. The van der Waals surface area contributed by atoms with Gasteiger partial charge in [-0.3, -0.25) is 4.57 Å². The second kappa shape index (κ2) is 5.46. The van der Waals surface area contributed by atoms with Crippen molar-refractivity contribution in [3.63, 3.8) is 0 Å². The van der Waals surface area contributed by atoms with Crippen molar-refractivity contribution in [2.24, 2.45) is 0 Å². The van der Waals surface area contributed by atoms with E-state index in [0.717, 1.165) is 4.88 Å². The molecule has 0 aliphatic carbocycles. The smallest absolute Gasteiger partial charge is 0.326 e. The second-order valence-electron chi connectivity index (χ2n) is 4.54. The summed E-state index contributed by atoms with van der Waals surface area (Å²) < 4.78 is 1.68. The lowest BCUT2D eigenvalue weighted by molar-refractivity contribution is -0.140. The third kappa shape index (κ3) is 2.41. The number of hydrogen-bond acceptors (Lipinski definition) is 4. The topological polar surface area (TPSA) is 68.0 Å². The van der Waals surface area contributed by atoms with E-state index >= 15 is 0 Å². The van der Waals surface area contributed by atoms with Crippen LogP contribution in [-0.2, 0) is 4.79 Å². The highest BCUT2D eigenvalue weighted by Crippen LogP contribution is 2.32. The van der Waals surface area contributed by atoms with Gasteiger partial charge in [0, 0.05) is 6.20 Å². The van der Waals surface area contributed by atoms with Crippen molar-refractivity contribution < 1.29 is 9.90 Å². The lowest BCUT2D eigenvalue weighted by Gasteiger charge is -2.15. The number of imidazole rings is 1. The van der Waals surface area contributed by atoms with Crippen molar-refractivity contribution in [3.8, 4) is 10.7 Å². The Hall–Kier alpha value is -1.92. The van der Waals surface area contributed by atoms with Crippen LogP contribution >= 0.6 is 22.9 Å². The largest absolute Gasteiger partial charge is 0.480 e. The zero-order valence-electron chi connectivity index (χ0n) is 11.2. The molecule has 0 aliphatic rings. The van der Waals surface area contributed by atoms with Gasteiger partial charge in [0.2, 0.25) is 0 Å². The van der Waals surface area contributed by atoms with Gasteiger partial charge in [0.15, 0.2) is 11.5 Å². The maximum Gasteiger partial charge on any atom is 0.326 e. The van der Waals surface area contributed by atoms with Gasteiger partial charge in [0.1, 0.15) is 11.6 Å². The number of thiophene rings is 1. The minimum absolute atomic E-state index is 0.448. The van der Waals surface area contributed by atoms with Gasteiger partial charge in [-0.05, 0) is 23.9 Å². The van der Waals surface area contributed by atoms with E-state index in [9.17, 15) is 9.90 Å². The van der Waals surface area contributed by atoms with Crippen LogP contribution in [-0.4, -0.2) is 25.6 Å². The minimum Gasteiger partial charge on any atom is -0.480 e. The maximum absolute atomic E-state index is 11.6. The summed E-state index contributed by atoms with van der Waals surface area (Å²) in [6, 6.07) is 4.82. The molecular weight excluding hydrogens is 310 g/mol. The Bertz CT molecular complexity index is 798. The zero-order chi connectivity index (χ0) is 15.0. The van der Waals surface area contributed by atoms with Gasteiger partial charge >= 0.3 is 5.97 Å².